The van der Waals surface area contributed by atoms with Crippen LogP contribution in [0.1, 0.15) is 5.56 Å². The van der Waals surface area contributed by atoms with Crippen LogP contribution in [-0.2, 0) is 10.1 Å². The highest BCUT2D eigenvalue weighted by atomic mass is 35.5. The first-order valence-electron chi connectivity index (χ1n) is 4.85. The van der Waals surface area contributed by atoms with Gasteiger partial charge in [0, 0.05) is 0 Å². The Hall–Kier alpha value is -2.08. The van der Waals surface area contributed by atoms with Crippen LogP contribution in [0.15, 0.2) is 29.3 Å². The zero-order valence-corrected chi connectivity index (χ0v) is 10.9. The number of benzene rings is 1. The number of rotatable bonds is 2. The van der Waals surface area contributed by atoms with E-state index in [0.29, 0.717) is 0 Å². The molecule has 0 amide bonds. The number of anilines is 1. The molecule has 0 spiro atoms. The van der Waals surface area contributed by atoms with E-state index in [1.54, 1.807) is 0 Å². The molecule has 0 aliphatic heterocycles. The molecule has 0 saturated heterocycles. The Morgan fingerprint density at radius 1 is 1.47 bits per heavy atom. The third-order valence-electron chi connectivity index (χ3n) is 2.36. The van der Waals surface area contributed by atoms with Crippen LogP contribution in [0.5, 0.6) is 0 Å². The summed E-state index contributed by atoms with van der Waals surface area (Å²) in [6.07, 6.45) is 1.25. The molecule has 0 aliphatic rings. The van der Waals surface area contributed by atoms with E-state index in [4.69, 9.17) is 27.1 Å². The highest BCUT2D eigenvalue weighted by Gasteiger charge is 2.17. The first kappa shape index (κ1) is 13.4. The zero-order valence-electron chi connectivity index (χ0n) is 9.28. The standard InChI is InChI=1S/C10H7ClN4O3S/c11-8-2-1-7(3-9(8)19(16,17)18)15-10(13)6(4-12)5-14-15/h1-3,5H,13H2,(H,16,17,18). The van der Waals surface area contributed by atoms with Crippen LogP contribution < -0.4 is 5.73 Å². The molecule has 0 unspecified atom stereocenters. The van der Waals surface area contributed by atoms with Crippen molar-refractivity contribution in [2.45, 2.75) is 4.90 Å². The van der Waals surface area contributed by atoms with Crippen LogP contribution in [0.4, 0.5) is 5.82 Å². The predicted molar refractivity (Wildman–Crippen MR) is 67.5 cm³/mol. The van der Waals surface area contributed by atoms with E-state index in [9.17, 15) is 8.42 Å². The molecule has 1 heterocycles. The molecule has 1 aromatic heterocycles. The largest absolute Gasteiger partial charge is 0.382 e. The van der Waals surface area contributed by atoms with Gasteiger partial charge in [0.1, 0.15) is 22.3 Å². The van der Waals surface area contributed by atoms with E-state index in [1.807, 2.05) is 6.07 Å². The van der Waals surface area contributed by atoms with Crippen LogP contribution >= 0.6 is 11.6 Å². The van der Waals surface area contributed by atoms with Gasteiger partial charge in [-0.1, -0.05) is 11.6 Å². The number of nitrogen functional groups attached to an aromatic ring is 1. The average Bonchev–Trinajstić information content (AvgIpc) is 2.70. The van der Waals surface area contributed by atoms with Gasteiger partial charge >= 0.3 is 0 Å². The number of nitrogens with two attached hydrogens (primary N) is 1. The molecule has 0 saturated carbocycles. The molecule has 19 heavy (non-hydrogen) atoms. The number of nitrogens with zero attached hydrogens (tertiary/aromatic N) is 3. The van der Waals surface area contributed by atoms with E-state index < -0.39 is 15.0 Å². The summed E-state index contributed by atoms with van der Waals surface area (Å²) < 4.78 is 32.5. The summed E-state index contributed by atoms with van der Waals surface area (Å²) in [5.41, 5.74) is 6.09. The normalized spacial score (nSPS) is 11.2. The highest BCUT2D eigenvalue weighted by molar-refractivity contribution is 7.86. The van der Waals surface area contributed by atoms with Crippen molar-refractivity contribution in [3.63, 3.8) is 0 Å². The molecule has 98 valence electrons. The van der Waals surface area contributed by atoms with Gasteiger partial charge in [-0.05, 0) is 18.2 Å². The lowest BCUT2D eigenvalue weighted by Crippen LogP contribution is -2.05. The second-order valence-electron chi connectivity index (χ2n) is 3.56. The number of halogens is 1. The van der Waals surface area contributed by atoms with Gasteiger partial charge in [-0.25, -0.2) is 4.68 Å². The third-order valence-corrected chi connectivity index (χ3v) is 3.70. The molecule has 0 aliphatic carbocycles. The average molecular weight is 299 g/mol. The first-order chi connectivity index (χ1) is 8.84. The Kier molecular flexibility index (Phi) is 3.20. The second-order valence-corrected chi connectivity index (χ2v) is 5.35. The topological polar surface area (TPSA) is 122 Å². The van der Waals surface area contributed by atoms with Crippen LogP contribution in [0.25, 0.3) is 5.69 Å². The fraction of sp³-hybridized carbons (Fsp3) is 0. The molecule has 2 rings (SSSR count). The maximum absolute atomic E-state index is 11.1. The van der Waals surface area contributed by atoms with Crippen molar-refractivity contribution in [2.24, 2.45) is 0 Å². The Bertz CT molecular complexity index is 792. The van der Waals surface area contributed by atoms with Crippen molar-refractivity contribution in [3.8, 4) is 11.8 Å². The molecule has 0 atom stereocenters. The minimum atomic E-state index is -4.45. The smallest absolute Gasteiger partial charge is 0.296 e. The Morgan fingerprint density at radius 3 is 2.68 bits per heavy atom. The van der Waals surface area contributed by atoms with Gasteiger partial charge in [-0.3, -0.25) is 4.55 Å². The number of aromatic nitrogens is 2. The SMILES string of the molecule is N#Cc1cnn(-c2ccc(Cl)c(S(=O)(=O)O)c2)c1N. The summed E-state index contributed by atoms with van der Waals surface area (Å²) in [5, 5.41) is 12.5. The maximum Gasteiger partial charge on any atom is 0.296 e. The highest BCUT2D eigenvalue weighted by Crippen LogP contribution is 2.25. The van der Waals surface area contributed by atoms with Gasteiger partial charge in [0.25, 0.3) is 10.1 Å². The van der Waals surface area contributed by atoms with Gasteiger partial charge in [0.05, 0.1) is 16.9 Å². The first-order valence-corrected chi connectivity index (χ1v) is 6.67. The predicted octanol–water partition coefficient (Wildman–Crippen LogP) is 1.23. The summed E-state index contributed by atoms with van der Waals surface area (Å²) in [5.74, 6) is 0.0612. The second kappa shape index (κ2) is 4.55. The quantitative estimate of drug-likeness (QED) is 0.804. The molecule has 9 heteroatoms. The fourth-order valence-corrected chi connectivity index (χ4v) is 2.47. The molecule has 1 aromatic carbocycles. The van der Waals surface area contributed by atoms with E-state index >= 15 is 0 Å². The minimum absolute atomic E-state index is 0.0612. The maximum atomic E-state index is 11.1. The third kappa shape index (κ3) is 2.39. The lowest BCUT2D eigenvalue weighted by atomic mass is 10.3. The van der Waals surface area contributed by atoms with Gasteiger partial charge < -0.3 is 5.73 Å². The molecular formula is C10H7ClN4O3S. The Balaban J connectivity index is 2.65. The summed E-state index contributed by atoms with van der Waals surface area (Å²) in [6.45, 7) is 0. The molecule has 0 radical (unpaired) electrons. The van der Waals surface area contributed by atoms with Crippen molar-refractivity contribution in [2.75, 3.05) is 5.73 Å². The Morgan fingerprint density at radius 2 is 2.16 bits per heavy atom. The van der Waals surface area contributed by atoms with E-state index in [-0.39, 0.29) is 22.1 Å². The van der Waals surface area contributed by atoms with Crippen LogP contribution in [0.2, 0.25) is 5.02 Å². The lowest BCUT2D eigenvalue weighted by molar-refractivity contribution is 0.483. The molecule has 3 N–H and O–H groups in total. The van der Waals surface area contributed by atoms with Gasteiger partial charge in [0.2, 0.25) is 0 Å². The van der Waals surface area contributed by atoms with E-state index in [1.165, 1.54) is 23.0 Å². The minimum Gasteiger partial charge on any atom is -0.382 e. The summed E-state index contributed by atoms with van der Waals surface area (Å²) >= 11 is 5.69. The molecule has 0 fully saturated rings. The Labute approximate surface area is 113 Å². The number of nitriles is 1. The van der Waals surface area contributed by atoms with Crippen molar-refractivity contribution in [3.05, 3.63) is 35.0 Å². The number of hydrogen-bond acceptors (Lipinski definition) is 5. The van der Waals surface area contributed by atoms with Crippen LogP contribution in [0.3, 0.4) is 0 Å². The van der Waals surface area contributed by atoms with E-state index in [2.05, 4.69) is 5.10 Å². The monoisotopic (exact) mass is 298 g/mol. The fourth-order valence-electron chi connectivity index (χ4n) is 1.47. The van der Waals surface area contributed by atoms with Gasteiger partial charge in [-0.15, -0.1) is 0 Å². The van der Waals surface area contributed by atoms with Crippen molar-refractivity contribution in [1.82, 2.24) is 9.78 Å². The zero-order chi connectivity index (χ0) is 14.2. The molecular weight excluding hydrogens is 292 g/mol. The summed E-state index contributed by atoms with van der Waals surface area (Å²) in [7, 11) is -4.45. The molecule has 2 aromatic rings. The molecule has 7 nitrogen and oxygen atoms in total. The van der Waals surface area contributed by atoms with Crippen molar-refractivity contribution in [1.29, 1.82) is 5.26 Å². The van der Waals surface area contributed by atoms with E-state index in [0.717, 1.165) is 6.07 Å². The van der Waals surface area contributed by atoms with Crippen molar-refractivity contribution >= 4 is 27.5 Å². The number of hydrogen-bond donors (Lipinski definition) is 2. The summed E-state index contributed by atoms with van der Waals surface area (Å²) in [6, 6.07) is 5.70. The van der Waals surface area contributed by atoms with Crippen molar-refractivity contribution < 1.29 is 13.0 Å². The molecule has 0 bridgehead atoms. The van der Waals surface area contributed by atoms with Gasteiger partial charge in [-0.2, -0.15) is 18.8 Å². The van der Waals surface area contributed by atoms with Gasteiger partial charge in [0.15, 0.2) is 0 Å². The summed E-state index contributed by atoms with van der Waals surface area (Å²) in [4.78, 5) is -0.458. The lowest BCUT2D eigenvalue weighted by Gasteiger charge is -2.07. The van der Waals surface area contributed by atoms with Crippen LogP contribution in [0, 0.1) is 11.3 Å². The van der Waals surface area contributed by atoms with Crippen LogP contribution in [-0.4, -0.2) is 22.8 Å².